The lowest BCUT2D eigenvalue weighted by Crippen LogP contribution is -2.52. The molecule has 0 bridgehead atoms. The Morgan fingerprint density at radius 1 is 1.23 bits per heavy atom. The molecule has 1 aromatic rings. The number of hydrogen-bond acceptors (Lipinski definition) is 5. The molecule has 0 saturated carbocycles. The number of piperidine rings is 1. The van der Waals surface area contributed by atoms with E-state index in [1.807, 2.05) is 18.2 Å². The monoisotopic (exact) mass is 381 g/mol. The normalized spacial score (nSPS) is 19.2. The van der Waals surface area contributed by atoms with Crippen LogP contribution in [0.25, 0.3) is 0 Å². The molecule has 2 heterocycles. The number of carbonyl (C=O) groups excluding carboxylic acids is 3. The van der Waals surface area contributed by atoms with Crippen molar-refractivity contribution in [1.29, 1.82) is 0 Å². The molecule has 0 radical (unpaired) electrons. The minimum absolute atomic E-state index is 0. The van der Waals surface area contributed by atoms with E-state index in [-0.39, 0.29) is 36.5 Å². The molecule has 1 unspecified atom stereocenters. The molecule has 142 valence electrons. The highest BCUT2D eigenvalue weighted by Crippen LogP contribution is 2.28. The van der Waals surface area contributed by atoms with Gasteiger partial charge in [0.15, 0.2) is 0 Å². The van der Waals surface area contributed by atoms with E-state index in [1.165, 1.54) is 0 Å². The van der Waals surface area contributed by atoms with Crippen LogP contribution in [0.5, 0.6) is 0 Å². The maximum absolute atomic E-state index is 12.6. The fourth-order valence-corrected chi connectivity index (χ4v) is 3.35. The minimum Gasteiger partial charge on any atom is -0.380 e. The first kappa shape index (κ1) is 20.4. The molecule has 7 nitrogen and oxygen atoms in total. The van der Waals surface area contributed by atoms with Crippen molar-refractivity contribution in [2.75, 3.05) is 19.8 Å². The van der Waals surface area contributed by atoms with Gasteiger partial charge in [-0.15, -0.1) is 12.4 Å². The highest BCUT2D eigenvalue weighted by Gasteiger charge is 2.38. The highest BCUT2D eigenvalue weighted by atomic mass is 35.5. The molecule has 0 aromatic heterocycles. The van der Waals surface area contributed by atoms with Crippen LogP contribution in [0.4, 0.5) is 0 Å². The molecule has 8 heteroatoms. The van der Waals surface area contributed by atoms with E-state index in [0.29, 0.717) is 38.3 Å². The van der Waals surface area contributed by atoms with Gasteiger partial charge < -0.3 is 15.4 Å². The van der Waals surface area contributed by atoms with Crippen LogP contribution in [-0.2, 0) is 27.3 Å². The van der Waals surface area contributed by atoms with Crippen molar-refractivity contribution in [3.63, 3.8) is 0 Å². The number of halogens is 1. The first-order valence-electron chi connectivity index (χ1n) is 8.64. The molecular weight excluding hydrogens is 358 g/mol. The van der Waals surface area contributed by atoms with E-state index in [2.05, 4.69) is 5.32 Å². The standard InChI is InChI=1S/C18H23N3O4.ClH/c19-7-9-25-8-1-2-12-3-4-14-13(10-12)11-21(18(14)24)15-5-6-16(22)20-17(15)23;/h3-4,10,15H,1-2,5-9,11,19H2,(H,20,22,23);1H. The third kappa shape index (κ3) is 4.41. The molecule has 3 N–H and O–H groups in total. The zero-order valence-electron chi connectivity index (χ0n) is 14.5. The number of nitrogens with zero attached hydrogens (tertiary/aromatic N) is 1. The van der Waals surface area contributed by atoms with Crippen molar-refractivity contribution in [2.24, 2.45) is 5.73 Å². The van der Waals surface area contributed by atoms with Crippen molar-refractivity contribution in [2.45, 2.75) is 38.3 Å². The van der Waals surface area contributed by atoms with Crippen molar-refractivity contribution in [1.82, 2.24) is 10.2 Å². The van der Waals surface area contributed by atoms with Gasteiger partial charge in [0.2, 0.25) is 11.8 Å². The first-order chi connectivity index (χ1) is 12.1. The average molecular weight is 382 g/mol. The second-order valence-corrected chi connectivity index (χ2v) is 6.40. The average Bonchev–Trinajstić information content (AvgIpc) is 2.91. The summed E-state index contributed by atoms with van der Waals surface area (Å²) in [5.41, 5.74) is 8.11. The summed E-state index contributed by atoms with van der Waals surface area (Å²) >= 11 is 0. The topological polar surface area (TPSA) is 102 Å². The van der Waals surface area contributed by atoms with Crippen molar-refractivity contribution in [3.05, 3.63) is 34.9 Å². The lowest BCUT2D eigenvalue weighted by atomic mass is 10.0. The van der Waals surface area contributed by atoms with E-state index in [9.17, 15) is 14.4 Å². The Hall–Kier alpha value is -1.96. The van der Waals surface area contributed by atoms with Gasteiger partial charge in [0.05, 0.1) is 6.61 Å². The summed E-state index contributed by atoms with van der Waals surface area (Å²) in [5.74, 6) is -0.790. The molecule has 26 heavy (non-hydrogen) atoms. The van der Waals surface area contributed by atoms with Crippen LogP contribution >= 0.6 is 12.4 Å². The van der Waals surface area contributed by atoms with Gasteiger partial charge in [-0.2, -0.15) is 0 Å². The van der Waals surface area contributed by atoms with Gasteiger partial charge in [0.25, 0.3) is 5.91 Å². The third-order valence-corrected chi connectivity index (χ3v) is 4.60. The lowest BCUT2D eigenvalue weighted by molar-refractivity contribution is -0.136. The summed E-state index contributed by atoms with van der Waals surface area (Å²) in [4.78, 5) is 37.5. The predicted octanol–water partition coefficient (Wildman–Crippen LogP) is 0.777. The van der Waals surface area contributed by atoms with Gasteiger partial charge in [-0.05, 0) is 36.5 Å². The van der Waals surface area contributed by atoms with E-state index >= 15 is 0 Å². The number of benzene rings is 1. The third-order valence-electron chi connectivity index (χ3n) is 4.60. The summed E-state index contributed by atoms with van der Waals surface area (Å²) in [6.07, 6.45) is 2.41. The van der Waals surface area contributed by atoms with Gasteiger partial charge in [-0.25, -0.2) is 0 Å². The number of amides is 3. The zero-order chi connectivity index (χ0) is 17.8. The first-order valence-corrected chi connectivity index (χ1v) is 8.64. The number of carbonyl (C=O) groups is 3. The van der Waals surface area contributed by atoms with Gasteiger partial charge in [0, 0.05) is 31.7 Å². The SMILES string of the molecule is Cl.NCCOCCCc1ccc2c(c1)CN(C1CCC(=O)NC1=O)C2=O. The molecule has 3 amide bonds. The number of nitrogens with one attached hydrogen (secondary N) is 1. The van der Waals surface area contributed by atoms with Gasteiger partial charge >= 0.3 is 0 Å². The Balaban J connectivity index is 0.00000243. The molecule has 1 aromatic carbocycles. The minimum atomic E-state index is -0.564. The van der Waals surface area contributed by atoms with Crippen LogP contribution in [0.1, 0.15) is 40.7 Å². The molecule has 2 aliphatic heterocycles. The highest BCUT2D eigenvalue weighted by molar-refractivity contribution is 6.05. The molecule has 1 saturated heterocycles. The van der Waals surface area contributed by atoms with Gasteiger partial charge in [-0.3, -0.25) is 19.7 Å². The maximum Gasteiger partial charge on any atom is 0.255 e. The number of nitrogens with two attached hydrogens (primary N) is 1. The van der Waals surface area contributed by atoms with Crippen LogP contribution in [-0.4, -0.2) is 48.4 Å². The Morgan fingerprint density at radius 2 is 2.04 bits per heavy atom. The number of aryl methyl sites for hydroxylation is 1. The molecule has 0 aliphatic carbocycles. The Labute approximate surface area is 158 Å². The second kappa shape index (κ2) is 9.12. The second-order valence-electron chi connectivity index (χ2n) is 6.40. The van der Waals surface area contributed by atoms with Crippen LogP contribution in [0.2, 0.25) is 0 Å². The van der Waals surface area contributed by atoms with E-state index < -0.39 is 6.04 Å². The van der Waals surface area contributed by atoms with Gasteiger partial charge in [-0.1, -0.05) is 12.1 Å². The van der Waals surface area contributed by atoms with Crippen LogP contribution in [0, 0.1) is 0 Å². The number of rotatable bonds is 7. The lowest BCUT2D eigenvalue weighted by Gasteiger charge is -2.29. The summed E-state index contributed by atoms with van der Waals surface area (Å²) < 4.78 is 5.37. The maximum atomic E-state index is 12.6. The predicted molar refractivity (Wildman–Crippen MR) is 97.9 cm³/mol. The summed E-state index contributed by atoms with van der Waals surface area (Å²) in [6.45, 7) is 2.17. The summed E-state index contributed by atoms with van der Waals surface area (Å²) in [5, 5.41) is 2.32. The Kier molecular flexibility index (Phi) is 7.14. The molecule has 2 aliphatic rings. The molecule has 1 fully saturated rings. The number of imide groups is 1. The van der Waals surface area contributed by atoms with Crippen LogP contribution in [0.15, 0.2) is 18.2 Å². The smallest absolute Gasteiger partial charge is 0.255 e. The fraction of sp³-hybridized carbons (Fsp3) is 0.500. The van der Waals surface area contributed by atoms with Crippen molar-refractivity contribution < 1.29 is 19.1 Å². The number of ether oxygens (including phenoxy) is 1. The fourth-order valence-electron chi connectivity index (χ4n) is 3.35. The molecule has 1 atom stereocenters. The summed E-state index contributed by atoms with van der Waals surface area (Å²) in [6, 6.07) is 5.25. The van der Waals surface area contributed by atoms with Gasteiger partial charge in [0.1, 0.15) is 6.04 Å². The van der Waals surface area contributed by atoms with Crippen molar-refractivity contribution >= 4 is 30.1 Å². The molecule has 3 rings (SSSR count). The number of fused-ring (bicyclic) bond motifs is 1. The Morgan fingerprint density at radius 3 is 2.77 bits per heavy atom. The van der Waals surface area contributed by atoms with Crippen molar-refractivity contribution in [3.8, 4) is 0 Å². The molecular formula is C18H24ClN3O4. The van der Waals surface area contributed by atoms with Crippen LogP contribution < -0.4 is 11.1 Å². The number of hydrogen-bond donors (Lipinski definition) is 2. The zero-order valence-corrected chi connectivity index (χ0v) is 15.3. The van der Waals surface area contributed by atoms with E-state index in [1.54, 1.807) is 4.90 Å². The van der Waals surface area contributed by atoms with E-state index in [4.69, 9.17) is 10.5 Å². The Bertz CT molecular complexity index is 695. The van der Waals surface area contributed by atoms with Crippen LogP contribution in [0.3, 0.4) is 0 Å². The largest absolute Gasteiger partial charge is 0.380 e. The quantitative estimate of drug-likeness (QED) is 0.536. The van der Waals surface area contributed by atoms with E-state index in [0.717, 1.165) is 24.0 Å². The summed E-state index contributed by atoms with van der Waals surface area (Å²) in [7, 11) is 0. The molecule has 0 spiro atoms.